The molecule has 0 aliphatic carbocycles. The van der Waals surface area contributed by atoms with Crippen LogP contribution in [0.1, 0.15) is 52.9 Å². The third kappa shape index (κ3) is 2.21. The van der Waals surface area contributed by atoms with Crippen molar-refractivity contribution >= 4 is 0 Å². The number of hydrogen-bond acceptors (Lipinski definition) is 3. The zero-order valence-electron chi connectivity index (χ0n) is 12.5. The van der Waals surface area contributed by atoms with Crippen LogP contribution in [-0.2, 0) is 0 Å². The Labute approximate surface area is 113 Å². The van der Waals surface area contributed by atoms with Gasteiger partial charge >= 0.3 is 0 Å². The molecule has 0 aromatic carbocycles. The summed E-state index contributed by atoms with van der Waals surface area (Å²) in [6.45, 7) is 11.5. The fourth-order valence-electron chi connectivity index (χ4n) is 4.35. The quantitative estimate of drug-likeness (QED) is 0.814. The maximum atomic E-state index is 6.28. The van der Waals surface area contributed by atoms with Gasteiger partial charge in [0.25, 0.3) is 0 Å². The topological polar surface area (TPSA) is 32.5 Å². The molecular weight excluding hydrogens is 222 g/mol. The van der Waals surface area contributed by atoms with Crippen molar-refractivity contribution in [3.8, 4) is 0 Å². The molecular formula is C15H31N3. The number of likely N-dealkylation sites (N-methyl/N-ethyl adjacent to an activating group) is 1. The molecule has 2 fully saturated rings. The van der Waals surface area contributed by atoms with Gasteiger partial charge in [0.2, 0.25) is 0 Å². The second-order valence-electron chi connectivity index (χ2n) is 6.15. The fourth-order valence-corrected chi connectivity index (χ4v) is 4.35. The summed E-state index contributed by atoms with van der Waals surface area (Å²) in [6, 6.07) is 1.37. The van der Waals surface area contributed by atoms with Crippen LogP contribution in [0.3, 0.4) is 0 Å². The first-order valence-corrected chi connectivity index (χ1v) is 7.90. The van der Waals surface area contributed by atoms with E-state index < -0.39 is 0 Å². The third-order valence-electron chi connectivity index (χ3n) is 5.45. The number of nitrogens with zero attached hydrogens (tertiary/aromatic N) is 2. The maximum Gasteiger partial charge on any atom is 0.0501 e. The Morgan fingerprint density at radius 2 is 2.11 bits per heavy atom. The highest BCUT2D eigenvalue weighted by molar-refractivity contribution is 5.09. The summed E-state index contributed by atoms with van der Waals surface area (Å²) < 4.78 is 0. The number of rotatable bonds is 5. The molecule has 0 aromatic rings. The monoisotopic (exact) mass is 253 g/mol. The lowest BCUT2D eigenvalue weighted by atomic mass is 9.82. The van der Waals surface area contributed by atoms with E-state index in [0.29, 0.717) is 12.1 Å². The first kappa shape index (κ1) is 14.3. The molecule has 0 aromatic heterocycles. The van der Waals surface area contributed by atoms with E-state index in [2.05, 4.69) is 30.6 Å². The van der Waals surface area contributed by atoms with Crippen molar-refractivity contribution in [1.29, 1.82) is 0 Å². The standard InChI is InChI=1S/C15H31N3/c1-4-13(3)18(5-2)15(12-16)9-11-17-10-7-6-8-14(15)17/h13-14H,4-12,16H2,1-3H3. The van der Waals surface area contributed by atoms with Crippen LogP contribution in [0.25, 0.3) is 0 Å². The first-order chi connectivity index (χ1) is 8.69. The van der Waals surface area contributed by atoms with E-state index in [1.54, 1.807) is 0 Å². The van der Waals surface area contributed by atoms with Gasteiger partial charge in [0.05, 0.1) is 5.54 Å². The van der Waals surface area contributed by atoms with Crippen LogP contribution >= 0.6 is 0 Å². The van der Waals surface area contributed by atoms with E-state index >= 15 is 0 Å². The average Bonchev–Trinajstić information content (AvgIpc) is 2.80. The van der Waals surface area contributed by atoms with Crippen molar-refractivity contribution in [3.05, 3.63) is 0 Å². The average molecular weight is 253 g/mol. The molecule has 2 heterocycles. The van der Waals surface area contributed by atoms with Crippen molar-refractivity contribution < 1.29 is 0 Å². The second kappa shape index (κ2) is 5.89. The van der Waals surface area contributed by atoms with E-state index in [0.717, 1.165) is 13.1 Å². The lowest BCUT2D eigenvalue weighted by Gasteiger charge is -2.49. The number of piperidine rings is 1. The molecule has 3 unspecified atom stereocenters. The zero-order chi connectivity index (χ0) is 13.2. The maximum absolute atomic E-state index is 6.28. The van der Waals surface area contributed by atoms with Crippen molar-refractivity contribution in [2.24, 2.45) is 5.73 Å². The lowest BCUT2D eigenvalue weighted by Crippen LogP contribution is -2.63. The smallest absolute Gasteiger partial charge is 0.0501 e. The van der Waals surface area contributed by atoms with Crippen LogP contribution < -0.4 is 5.73 Å². The minimum atomic E-state index is 0.255. The Hall–Kier alpha value is -0.120. The third-order valence-corrected chi connectivity index (χ3v) is 5.45. The van der Waals surface area contributed by atoms with Crippen LogP contribution in [0.15, 0.2) is 0 Å². The molecule has 2 saturated heterocycles. The van der Waals surface area contributed by atoms with Crippen molar-refractivity contribution in [2.75, 3.05) is 26.2 Å². The molecule has 3 atom stereocenters. The van der Waals surface area contributed by atoms with Crippen LogP contribution in [0.4, 0.5) is 0 Å². The number of fused-ring (bicyclic) bond motifs is 1. The Kier molecular flexibility index (Phi) is 4.68. The summed E-state index contributed by atoms with van der Waals surface area (Å²) in [7, 11) is 0. The highest BCUT2D eigenvalue weighted by Crippen LogP contribution is 2.39. The number of hydrogen-bond donors (Lipinski definition) is 1. The minimum absolute atomic E-state index is 0.255. The van der Waals surface area contributed by atoms with Gasteiger partial charge in [0, 0.05) is 25.2 Å². The molecule has 106 valence electrons. The molecule has 0 saturated carbocycles. The summed E-state index contributed by atoms with van der Waals surface area (Å²) in [5, 5.41) is 0. The van der Waals surface area contributed by atoms with Crippen molar-refractivity contribution in [3.63, 3.8) is 0 Å². The van der Waals surface area contributed by atoms with E-state index in [-0.39, 0.29) is 5.54 Å². The predicted molar refractivity (Wildman–Crippen MR) is 77.7 cm³/mol. The van der Waals surface area contributed by atoms with Crippen LogP contribution in [0.5, 0.6) is 0 Å². The van der Waals surface area contributed by atoms with E-state index in [1.807, 2.05) is 0 Å². The van der Waals surface area contributed by atoms with Gasteiger partial charge in [0.1, 0.15) is 0 Å². The van der Waals surface area contributed by atoms with Gasteiger partial charge < -0.3 is 5.73 Å². The molecule has 2 aliphatic rings. The van der Waals surface area contributed by atoms with Gasteiger partial charge in [-0.15, -0.1) is 0 Å². The Morgan fingerprint density at radius 1 is 1.33 bits per heavy atom. The van der Waals surface area contributed by atoms with Crippen LogP contribution in [0, 0.1) is 0 Å². The fraction of sp³-hybridized carbons (Fsp3) is 1.00. The van der Waals surface area contributed by atoms with E-state index in [1.165, 1.54) is 45.2 Å². The van der Waals surface area contributed by atoms with Crippen LogP contribution in [0.2, 0.25) is 0 Å². The molecule has 2 N–H and O–H groups in total. The largest absolute Gasteiger partial charge is 0.329 e. The van der Waals surface area contributed by atoms with Gasteiger partial charge in [-0.25, -0.2) is 0 Å². The molecule has 3 nitrogen and oxygen atoms in total. The molecule has 18 heavy (non-hydrogen) atoms. The molecule has 2 aliphatic heterocycles. The summed E-state index contributed by atoms with van der Waals surface area (Å²) in [6.07, 6.45) is 6.62. The highest BCUT2D eigenvalue weighted by Gasteiger charge is 2.50. The summed E-state index contributed by atoms with van der Waals surface area (Å²) in [4.78, 5) is 5.42. The zero-order valence-corrected chi connectivity index (χ0v) is 12.5. The Bertz CT molecular complexity index is 268. The highest BCUT2D eigenvalue weighted by atomic mass is 15.3. The Balaban J connectivity index is 2.23. The van der Waals surface area contributed by atoms with Gasteiger partial charge in [-0.05, 0) is 45.7 Å². The molecule has 0 spiro atoms. The lowest BCUT2D eigenvalue weighted by molar-refractivity contribution is 0.0138. The molecule has 0 radical (unpaired) electrons. The van der Waals surface area contributed by atoms with Gasteiger partial charge in [-0.1, -0.05) is 20.3 Å². The molecule has 0 amide bonds. The van der Waals surface area contributed by atoms with E-state index in [4.69, 9.17) is 5.73 Å². The van der Waals surface area contributed by atoms with Crippen molar-refractivity contribution in [1.82, 2.24) is 9.80 Å². The van der Waals surface area contributed by atoms with Gasteiger partial charge in [-0.2, -0.15) is 0 Å². The minimum Gasteiger partial charge on any atom is -0.329 e. The SMILES string of the molecule is CCC(C)N(CC)C1(CN)CCN2CCCCC21. The molecule has 3 heteroatoms. The van der Waals surface area contributed by atoms with Gasteiger partial charge in [0.15, 0.2) is 0 Å². The number of nitrogens with two attached hydrogens (primary N) is 1. The summed E-state index contributed by atoms with van der Waals surface area (Å²) in [5.41, 5.74) is 6.53. The normalized spacial score (nSPS) is 34.8. The van der Waals surface area contributed by atoms with Crippen LogP contribution in [-0.4, -0.2) is 53.6 Å². The van der Waals surface area contributed by atoms with Gasteiger partial charge in [-0.3, -0.25) is 9.80 Å². The summed E-state index contributed by atoms with van der Waals surface area (Å²) in [5.74, 6) is 0. The summed E-state index contributed by atoms with van der Waals surface area (Å²) >= 11 is 0. The van der Waals surface area contributed by atoms with E-state index in [9.17, 15) is 0 Å². The Morgan fingerprint density at radius 3 is 2.72 bits per heavy atom. The second-order valence-corrected chi connectivity index (χ2v) is 6.15. The molecule has 0 bridgehead atoms. The van der Waals surface area contributed by atoms with Crippen molar-refractivity contribution in [2.45, 2.75) is 70.5 Å². The molecule has 2 rings (SSSR count). The first-order valence-electron chi connectivity index (χ1n) is 7.90. The predicted octanol–water partition coefficient (Wildman–Crippen LogP) is 2.06.